The van der Waals surface area contributed by atoms with Crippen LogP contribution in [0, 0.1) is 0 Å². The Morgan fingerprint density at radius 1 is 1.13 bits per heavy atom. The number of rotatable bonds is 8. The summed E-state index contributed by atoms with van der Waals surface area (Å²) >= 11 is 0. The van der Waals surface area contributed by atoms with Crippen LogP contribution in [0.4, 0.5) is 4.79 Å². The molecule has 1 atom stereocenters. The number of urea groups is 1. The topological polar surface area (TPSA) is 97.0 Å². The lowest BCUT2D eigenvalue weighted by atomic mass is 9.92. The van der Waals surface area contributed by atoms with E-state index in [9.17, 15) is 14.4 Å². The van der Waals surface area contributed by atoms with E-state index in [1.807, 2.05) is 6.07 Å². The highest BCUT2D eigenvalue weighted by atomic mass is 16.5. The quantitative estimate of drug-likeness (QED) is 0.514. The number of hydrogen-bond donors (Lipinski definition) is 2. The van der Waals surface area contributed by atoms with E-state index in [0.29, 0.717) is 28.7 Å². The van der Waals surface area contributed by atoms with Gasteiger partial charge in [0.05, 0.1) is 13.7 Å². The van der Waals surface area contributed by atoms with Gasteiger partial charge in [-0.05, 0) is 37.1 Å². The summed E-state index contributed by atoms with van der Waals surface area (Å²) in [5, 5.41) is 3.34. The van der Waals surface area contributed by atoms with Gasteiger partial charge in [0.15, 0.2) is 11.5 Å². The summed E-state index contributed by atoms with van der Waals surface area (Å²) in [4.78, 5) is 38.0. The summed E-state index contributed by atoms with van der Waals surface area (Å²) in [6.45, 7) is 4.20. The van der Waals surface area contributed by atoms with Crippen LogP contribution in [0.5, 0.6) is 11.5 Å². The van der Waals surface area contributed by atoms with Gasteiger partial charge in [-0.15, -0.1) is 0 Å². The first-order valence-corrected chi connectivity index (χ1v) is 9.74. The molecule has 2 aromatic carbocycles. The van der Waals surface area contributed by atoms with Crippen molar-refractivity contribution < 1.29 is 23.9 Å². The fraction of sp³-hybridized carbons (Fsp3) is 0.318. The molecule has 1 aliphatic heterocycles. The molecule has 0 aliphatic carbocycles. The van der Waals surface area contributed by atoms with Crippen LogP contribution in [0.3, 0.4) is 0 Å². The van der Waals surface area contributed by atoms with Gasteiger partial charge in [0, 0.05) is 5.56 Å². The molecule has 1 fully saturated rings. The number of nitrogens with zero attached hydrogens (tertiary/aromatic N) is 1. The van der Waals surface area contributed by atoms with Crippen LogP contribution in [0.2, 0.25) is 0 Å². The number of carbonyl (C=O) groups excluding carboxylic acids is 3. The number of imide groups is 1. The molecule has 8 nitrogen and oxygen atoms in total. The lowest BCUT2D eigenvalue weighted by Gasteiger charge is -2.22. The molecule has 2 N–H and O–H groups in total. The second kappa shape index (κ2) is 8.86. The Hall–Kier alpha value is -3.55. The minimum absolute atomic E-state index is 0.226. The van der Waals surface area contributed by atoms with Gasteiger partial charge in [0.2, 0.25) is 0 Å². The Morgan fingerprint density at radius 3 is 2.53 bits per heavy atom. The summed E-state index contributed by atoms with van der Waals surface area (Å²) in [7, 11) is 1.48. The molecule has 2 aromatic rings. The van der Waals surface area contributed by atoms with Crippen molar-refractivity contribution in [2.45, 2.75) is 32.2 Å². The van der Waals surface area contributed by atoms with Crippen molar-refractivity contribution in [2.75, 3.05) is 13.7 Å². The number of nitrogens with one attached hydrogen (secondary N) is 2. The number of unbranched alkanes of at least 4 members (excludes halogenated alkanes) is 1. The predicted molar refractivity (Wildman–Crippen MR) is 110 cm³/mol. The van der Waals surface area contributed by atoms with Gasteiger partial charge < -0.3 is 14.8 Å². The smallest absolute Gasteiger partial charge is 0.344 e. The number of hydrogen-bond acceptors (Lipinski definition) is 5. The van der Waals surface area contributed by atoms with Gasteiger partial charge in [-0.1, -0.05) is 43.7 Å². The van der Waals surface area contributed by atoms with Gasteiger partial charge in [-0.25, -0.2) is 4.79 Å². The molecule has 0 bridgehead atoms. The van der Waals surface area contributed by atoms with Crippen LogP contribution in [-0.4, -0.2) is 36.6 Å². The zero-order valence-electron chi connectivity index (χ0n) is 17.2. The predicted octanol–water partition coefficient (Wildman–Crippen LogP) is 2.99. The van der Waals surface area contributed by atoms with Gasteiger partial charge >= 0.3 is 6.03 Å². The number of methoxy groups -OCH3 is 1. The van der Waals surface area contributed by atoms with Crippen molar-refractivity contribution >= 4 is 17.8 Å². The van der Waals surface area contributed by atoms with E-state index < -0.39 is 23.4 Å². The average molecular weight is 411 g/mol. The highest BCUT2D eigenvalue weighted by Gasteiger charge is 2.50. The van der Waals surface area contributed by atoms with E-state index in [1.165, 1.54) is 13.2 Å². The lowest BCUT2D eigenvalue weighted by Crippen LogP contribution is -2.47. The normalized spacial score (nSPS) is 18.2. The summed E-state index contributed by atoms with van der Waals surface area (Å²) < 4.78 is 11.0. The second-order valence-corrected chi connectivity index (χ2v) is 7.07. The van der Waals surface area contributed by atoms with Crippen LogP contribution in [0.1, 0.15) is 42.6 Å². The molecule has 1 heterocycles. The van der Waals surface area contributed by atoms with Crippen molar-refractivity contribution in [3.05, 3.63) is 59.7 Å². The molecule has 0 aromatic heterocycles. The van der Waals surface area contributed by atoms with Crippen molar-refractivity contribution in [3.63, 3.8) is 0 Å². The average Bonchev–Trinajstić information content (AvgIpc) is 2.98. The molecular weight excluding hydrogens is 386 g/mol. The third-order valence-corrected chi connectivity index (χ3v) is 4.94. The third kappa shape index (κ3) is 4.07. The molecule has 30 heavy (non-hydrogen) atoms. The van der Waals surface area contributed by atoms with E-state index in [1.54, 1.807) is 43.3 Å². The first kappa shape index (κ1) is 21.2. The molecule has 0 saturated carbocycles. The Bertz CT molecular complexity index is 947. The maximum absolute atomic E-state index is 12.9. The molecule has 0 spiro atoms. The number of amides is 4. The first-order chi connectivity index (χ1) is 14.4. The molecular formula is C22H25N3O5. The van der Waals surface area contributed by atoms with Gasteiger partial charge in [0.25, 0.3) is 11.8 Å². The maximum Gasteiger partial charge on any atom is 0.344 e. The van der Waals surface area contributed by atoms with Crippen molar-refractivity contribution in [1.82, 2.24) is 15.8 Å². The fourth-order valence-corrected chi connectivity index (χ4v) is 3.13. The molecule has 1 aliphatic rings. The number of benzene rings is 2. The highest BCUT2D eigenvalue weighted by Crippen LogP contribution is 2.30. The largest absolute Gasteiger partial charge is 0.493 e. The fourth-order valence-electron chi connectivity index (χ4n) is 3.13. The minimum atomic E-state index is -1.26. The molecule has 1 unspecified atom stereocenters. The van der Waals surface area contributed by atoms with Crippen molar-refractivity contribution in [1.29, 1.82) is 0 Å². The molecule has 4 amide bonds. The Balaban J connectivity index is 1.75. The van der Waals surface area contributed by atoms with Crippen LogP contribution in [0.25, 0.3) is 0 Å². The van der Waals surface area contributed by atoms with Gasteiger partial charge in [-0.2, -0.15) is 5.01 Å². The number of hydrazine groups is 1. The molecule has 0 radical (unpaired) electrons. The molecule has 1 saturated heterocycles. The van der Waals surface area contributed by atoms with E-state index in [2.05, 4.69) is 17.7 Å². The van der Waals surface area contributed by atoms with E-state index in [-0.39, 0.29) is 5.56 Å². The van der Waals surface area contributed by atoms with Gasteiger partial charge in [-0.3, -0.25) is 15.0 Å². The first-order valence-electron chi connectivity index (χ1n) is 9.74. The summed E-state index contributed by atoms with van der Waals surface area (Å²) in [6, 6.07) is 12.8. The van der Waals surface area contributed by atoms with Crippen molar-refractivity contribution in [2.24, 2.45) is 0 Å². The summed E-state index contributed by atoms with van der Waals surface area (Å²) in [5.74, 6) is -0.271. The van der Waals surface area contributed by atoms with Crippen LogP contribution in [0.15, 0.2) is 48.5 Å². The summed E-state index contributed by atoms with van der Waals surface area (Å²) in [5.41, 5.74) is 1.96. The third-order valence-electron chi connectivity index (χ3n) is 4.94. The number of ether oxygens (including phenoxy) is 2. The lowest BCUT2D eigenvalue weighted by molar-refractivity contribution is -0.132. The second-order valence-electron chi connectivity index (χ2n) is 7.07. The zero-order valence-corrected chi connectivity index (χ0v) is 17.2. The van der Waals surface area contributed by atoms with E-state index >= 15 is 0 Å². The molecule has 8 heteroatoms. The summed E-state index contributed by atoms with van der Waals surface area (Å²) in [6.07, 6.45) is 1.90. The van der Waals surface area contributed by atoms with Crippen LogP contribution < -0.4 is 20.2 Å². The van der Waals surface area contributed by atoms with E-state index in [4.69, 9.17) is 9.47 Å². The van der Waals surface area contributed by atoms with E-state index in [0.717, 1.165) is 12.8 Å². The SMILES string of the molecule is CCCCOc1ccc(C(=O)NN2C(=O)NC(C)(c3ccccc3)C2=O)cc1OC. The Kier molecular flexibility index (Phi) is 6.25. The maximum atomic E-state index is 12.9. The zero-order chi connectivity index (χ0) is 21.7. The Morgan fingerprint density at radius 2 is 1.87 bits per heavy atom. The van der Waals surface area contributed by atoms with Crippen LogP contribution >= 0.6 is 0 Å². The van der Waals surface area contributed by atoms with Crippen molar-refractivity contribution in [3.8, 4) is 11.5 Å². The monoisotopic (exact) mass is 411 g/mol. The minimum Gasteiger partial charge on any atom is -0.493 e. The molecule has 158 valence electrons. The highest BCUT2D eigenvalue weighted by molar-refractivity contribution is 6.09. The molecule has 3 rings (SSSR count). The van der Waals surface area contributed by atoms with Gasteiger partial charge in [0.1, 0.15) is 5.54 Å². The standard InChI is InChI=1S/C22H25N3O5/c1-4-5-13-30-17-12-11-15(14-18(17)29-3)19(26)24-25-20(27)22(2,23-21(25)28)16-9-7-6-8-10-16/h6-12,14H,4-5,13H2,1-3H3,(H,23,28)(H,24,26). The van der Waals surface area contributed by atoms with Crippen LogP contribution in [-0.2, 0) is 10.3 Å². The Labute approximate surface area is 175 Å². The number of carbonyl (C=O) groups is 3.